The summed E-state index contributed by atoms with van der Waals surface area (Å²) in [5.41, 5.74) is 1.70. The topological polar surface area (TPSA) is 86.8 Å². The van der Waals surface area contributed by atoms with Gasteiger partial charge in [0.1, 0.15) is 0 Å². The SMILES string of the molecule is CC(C)N1C(=O)CSc2ccc(C(=O)Nc3ccc(S(=O)(=O)N4CCCCC4)cc3)cc21. The summed E-state index contributed by atoms with van der Waals surface area (Å²) in [5.74, 6) is 0.107. The van der Waals surface area contributed by atoms with Crippen molar-refractivity contribution >= 4 is 45.0 Å². The molecule has 0 spiro atoms. The summed E-state index contributed by atoms with van der Waals surface area (Å²) < 4.78 is 27.1. The fourth-order valence-electron chi connectivity index (χ4n) is 4.05. The Labute approximate surface area is 193 Å². The molecule has 32 heavy (non-hydrogen) atoms. The summed E-state index contributed by atoms with van der Waals surface area (Å²) in [4.78, 5) is 28.1. The number of rotatable bonds is 5. The second kappa shape index (κ2) is 9.25. The standard InChI is InChI=1S/C23H27N3O4S2/c1-16(2)26-20-14-17(6-11-21(20)31-15-22(26)27)23(28)24-18-7-9-19(10-8-18)32(29,30)25-12-4-3-5-13-25/h6-11,14,16H,3-5,12-13,15H2,1-2H3,(H,24,28). The number of carbonyl (C=O) groups is 2. The number of hydrogen-bond donors (Lipinski definition) is 1. The van der Waals surface area contributed by atoms with Crippen LogP contribution in [0.5, 0.6) is 0 Å². The number of amides is 2. The van der Waals surface area contributed by atoms with Crippen LogP contribution in [0.4, 0.5) is 11.4 Å². The number of hydrogen-bond acceptors (Lipinski definition) is 5. The summed E-state index contributed by atoms with van der Waals surface area (Å²) in [6.45, 7) is 4.99. The van der Waals surface area contributed by atoms with Crippen LogP contribution in [-0.4, -0.2) is 49.4 Å². The molecule has 0 aromatic heterocycles. The van der Waals surface area contributed by atoms with Gasteiger partial charge in [0.25, 0.3) is 5.91 Å². The molecule has 0 saturated carbocycles. The summed E-state index contributed by atoms with van der Waals surface area (Å²) in [7, 11) is -3.51. The first-order valence-electron chi connectivity index (χ1n) is 10.8. The molecule has 170 valence electrons. The van der Waals surface area contributed by atoms with Crippen LogP contribution in [-0.2, 0) is 14.8 Å². The van der Waals surface area contributed by atoms with Crippen molar-refractivity contribution < 1.29 is 18.0 Å². The Morgan fingerprint density at radius 1 is 1.03 bits per heavy atom. The van der Waals surface area contributed by atoms with Gasteiger partial charge in [-0.25, -0.2) is 8.42 Å². The van der Waals surface area contributed by atoms with Crippen molar-refractivity contribution in [3.8, 4) is 0 Å². The van der Waals surface area contributed by atoms with E-state index in [9.17, 15) is 18.0 Å². The predicted octanol–water partition coefficient (Wildman–Crippen LogP) is 3.96. The molecule has 0 radical (unpaired) electrons. The van der Waals surface area contributed by atoms with E-state index < -0.39 is 10.0 Å². The maximum atomic E-state index is 12.8. The molecule has 0 atom stereocenters. The van der Waals surface area contributed by atoms with E-state index in [1.54, 1.807) is 29.2 Å². The number of anilines is 2. The Bertz CT molecular complexity index is 1120. The number of sulfonamides is 1. The van der Waals surface area contributed by atoms with E-state index in [0.717, 1.165) is 29.8 Å². The lowest BCUT2D eigenvalue weighted by Crippen LogP contribution is -2.40. The second-order valence-corrected chi connectivity index (χ2v) is 11.2. The maximum absolute atomic E-state index is 12.8. The van der Waals surface area contributed by atoms with Crippen LogP contribution in [0.3, 0.4) is 0 Å². The molecule has 2 aliphatic rings. The van der Waals surface area contributed by atoms with Crippen molar-refractivity contribution in [3.63, 3.8) is 0 Å². The van der Waals surface area contributed by atoms with Crippen molar-refractivity contribution in [2.24, 2.45) is 0 Å². The molecule has 1 N–H and O–H groups in total. The van der Waals surface area contributed by atoms with Crippen molar-refractivity contribution in [2.45, 2.75) is 48.9 Å². The third-order valence-corrected chi connectivity index (χ3v) is 8.64. The first kappa shape index (κ1) is 22.8. The third-order valence-electron chi connectivity index (χ3n) is 5.68. The number of fused-ring (bicyclic) bond motifs is 1. The van der Waals surface area contributed by atoms with Crippen molar-refractivity contribution in [1.29, 1.82) is 0 Å². The summed E-state index contributed by atoms with van der Waals surface area (Å²) >= 11 is 1.47. The van der Waals surface area contributed by atoms with Gasteiger partial charge < -0.3 is 10.2 Å². The molecule has 2 heterocycles. The van der Waals surface area contributed by atoms with E-state index in [0.29, 0.717) is 30.1 Å². The molecule has 9 heteroatoms. The second-order valence-electron chi connectivity index (χ2n) is 8.27. The zero-order chi connectivity index (χ0) is 22.9. The molecule has 2 aliphatic heterocycles. The molecule has 1 saturated heterocycles. The van der Waals surface area contributed by atoms with Crippen LogP contribution in [0.2, 0.25) is 0 Å². The largest absolute Gasteiger partial charge is 0.322 e. The maximum Gasteiger partial charge on any atom is 0.255 e. The highest BCUT2D eigenvalue weighted by molar-refractivity contribution is 8.00. The molecule has 0 aliphatic carbocycles. The molecule has 0 unspecified atom stereocenters. The predicted molar refractivity (Wildman–Crippen MR) is 127 cm³/mol. The van der Waals surface area contributed by atoms with Crippen LogP contribution in [0.25, 0.3) is 0 Å². The van der Waals surface area contributed by atoms with Crippen LogP contribution in [0, 0.1) is 0 Å². The molecular formula is C23H27N3O4S2. The van der Waals surface area contributed by atoms with Crippen molar-refractivity contribution in [2.75, 3.05) is 29.1 Å². The van der Waals surface area contributed by atoms with Gasteiger partial charge in [-0.2, -0.15) is 4.31 Å². The minimum Gasteiger partial charge on any atom is -0.322 e. The quantitative estimate of drug-likeness (QED) is 0.710. The van der Waals surface area contributed by atoms with Gasteiger partial charge in [-0.15, -0.1) is 11.8 Å². The number of piperidine rings is 1. The first-order valence-corrected chi connectivity index (χ1v) is 13.2. The average Bonchev–Trinajstić information content (AvgIpc) is 2.79. The third kappa shape index (κ3) is 4.55. The van der Waals surface area contributed by atoms with Gasteiger partial charge in [0.05, 0.1) is 16.3 Å². The van der Waals surface area contributed by atoms with Gasteiger partial charge in [-0.05, 0) is 69.2 Å². The number of carbonyl (C=O) groups excluding carboxylic acids is 2. The van der Waals surface area contributed by atoms with Gasteiger partial charge in [-0.1, -0.05) is 6.42 Å². The summed E-state index contributed by atoms with van der Waals surface area (Å²) in [6, 6.07) is 11.6. The van der Waals surface area contributed by atoms with Crippen LogP contribution >= 0.6 is 11.8 Å². The van der Waals surface area contributed by atoms with Crippen LogP contribution in [0.15, 0.2) is 52.3 Å². The Balaban J connectivity index is 1.50. The minimum absolute atomic E-state index is 0.00476. The number of thioether (sulfide) groups is 1. The molecule has 2 aromatic carbocycles. The van der Waals surface area contributed by atoms with E-state index in [2.05, 4.69) is 5.32 Å². The zero-order valence-corrected chi connectivity index (χ0v) is 19.8. The molecule has 2 amide bonds. The Hall–Kier alpha value is -2.36. The molecule has 1 fully saturated rings. The van der Waals surface area contributed by atoms with E-state index in [-0.39, 0.29) is 22.8 Å². The van der Waals surface area contributed by atoms with Crippen molar-refractivity contribution in [3.05, 3.63) is 48.0 Å². The van der Waals surface area contributed by atoms with Crippen LogP contribution < -0.4 is 10.2 Å². The van der Waals surface area contributed by atoms with E-state index in [1.807, 2.05) is 19.9 Å². The highest BCUT2D eigenvalue weighted by Crippen LogP contribution is 2.37. The van der Waals surface area contributed by atoms with Gasteiger partial charge in [0.2, 0.25) is 15.9 Å². The van der Waals surface area contributed by atoms with Crippen LogP contribution in [0.1, 0.15) is 43.5 Å². The summed E-state index contributed by atoms with van der Waals surface area (Å²) in [6.07, 6.45) is 2.82. The zero-order valence-electron chi connectivity index (χ0n) is 18.2. The number of nitrogens with one attached hydrogen (secondary N) is 1. The van der Waals surface area contributed by atoms with Gasteiger partial charge >= 0.3 is 0 Å². The fourth-order valence-corrected chi connectivity index (χ4v) is 6.45. The Morgan fingerprint density at radius 3 is 2.38 bits per heavy atom. The smallest absolute Gasteiger partial charge is 0.255 e. The lowest BCUT2D eigenvalue weighted by atomic mass is 10.1. The molecule has 7 nitrogen and oxygen atoms in total. The Kier molecular flexibility index (Phi) is 6.60. The van der Waals surface area contributed by atoms with Gasteiger partial charge in [0, 0.05) is 35.3 Å². The molecule has 0 bridgehead atoms. The fraction of sp³-hybridized carbons (Fsp3) is 0.391. The van der Waals surface area contributed by atoms with E-state index in [4.69, 9.17) is 0 Å². The van der Waals surface area contributed by atoms with Crippen molar-refractivity contribution in [1.82, 2.24) is 4.31 Å². The Morgan fingerprint density at radius 2 is 1.72 bits per heavy atom. The molecule has 2 aromatic rings. The molecular weight excluding hydrogens is 446 g/mol. The monoisotopic (exact) mass is 473 g/mol. The highest BCUT2D eigenvalue weighted by Gasteiger charge is 2.28. The average molecular weight is 474 g/mol. The number of benzene rings is 2. The molecule has 4 rings (SSSR count). The lowest BCUT2D eigenvalue weighted by Gasteiger charge is -2.32. The summed E-state index contributed by atoms with van der Waals surface area (Å²) in [5, 5.41) is 2.82. The van der Waals surface area contributed by atoms with E-state index in [1.165, 1.54) is 28.2 Å². The first-order chi connectivity index (χ1) is 15.3. The lowest BCUT2D eigenvalue weighted by molar-refractivity contribution is -0.116. The van der Waals surface area contributed by atoms with Gasteiger partial charge in [-0.3, -0.25) is 9.59 Å². The van der Waals surface area contributed by atoms with Gasteiger partial charge in [0.15, 0.2) is 0 Å². The normalized spacial score (nSPS) is 17.3. The number of nitrogens with zero attached hydrogens (tertiary/aromatic N) is 2. The highest BCUT2D eigenvalue weighted by atomic mass is 32.2. The minimum atomic E-state index is -3.51. The van der Waals surface area contributed by atoms with E-state index >= 15 is 0 Å².